The van der Waals surface area contributed by atoms with Gasteiger partial charge < -0.3 is 20.1 Å². The molecular formula is C19H20O5. The second-order valence-electron chi connectivity index (χ2n) is 6.52. The summed E-state index contributed by atoms with van der Waals surface area (Å²) < 4.78 is 6.00. The summed E-state index contributed by atoms with van der Waals surface area (Å²) in [7, 11) is 0. The molecule has 0 aliphatic carbocycles. The Morgan fingerprint density at radius 2 is 1.79 bits per heavy atom. The molecule has 126 valence electrons. The number of aromatic hydroxyl groups is 3. The van der Waals surface area contributed by atoms with Crippen molar-refractivity contribution in [3.05, 3.63) is 47.0 Å². The van der Waals surface area contributed by atoms with E-state index in [9.17, 15) is 20.1 Å². The maximum atomic E-state index is 12.5. The van der Waals surface area contributed by atoms with Crippen LogP contribution in [0.3, 0.4) is 0 Å². The van der Waals surface area contributed by atoms with Crippen molar-refractivity contribution in [3.8, 4) is 23.0 Å². The van der Waals surface area contributed by atoms with Crippen molar-refractivity contribution >= 4 is 5.78 Å². The molecular weight excluding hydrogens is 308 g/mol. The van der Waals surface area contributed by atoms with Gasteiger partial charge in [-0.2, -0.15) is 0 Å². The van der Waals surface area contributed by atoms with E-state index in [2.05, 4.69) is 0 Å². The topological polar surface area (TPSA) is 87.0 Å². The highest BCUT2D eigenvalue weighted by molar-refractivity contribution is 6.03. The summed E-state index contributed by atoms with van der Waals surface area (Å²) in [6.07, 6.45) is 0.110. The molecule has 0 unspecified atom stereocenters. The van der Waals surface area contributed by atoms with E-state index in [1.807, 2.05) is 13.8 Å². The van der Waals surface area contributed by atoms with E-state index in [0.717, 1.165) is 5.56 Å². The summed E-state index contributed by atoms with van der Waals surface area (Å²) in [6, 6.07) is 7.67. The number of carbonyl (C=O) groups is 1. The van der Waals surface area contributed by atoms with Crippen LogP contribution in [0.2, 0.25) is 0 Å². The lowest BCUT2D eigenvalue weighted by molar-refractivity contribution is 0.0841. The van der Waals surface area contributed by atoms with Crippen molar-refractivity contribution in [1.29, 1.82) is 0 Å². The van der Waals surface area contributed by atoms with Gasteiger partial charge >= 0.3 is 0 Å². The lowest BCUT2D eigenvalue weighted by atomic mass is 9.91. The zero-order chi connectivity index (χ0) is 17.4. The van der Waals surface area contributed by atoms with E-state index in [1.54, 1.807) is 12.1 Å². The minimum absolute atomic E-state index is 0.0703. The minimum Gasteiger partial charge on any atom is -0.508 e. The molecule has 0 spiro atoms. The Morgan fingerprint density at radius 3 is 2.42 bits per heavy atom. The first-order valence-electron chi connectivity index (χ1n) is 7.93. The van der Waals surface area contributed by atoms with Crippen LogP contribution in [0.15, 0.2) is 30.3 Å². The van der Waals surface area contributed by atoms with Crippen LogP contribution in [0.4, 0.5) is 0 Å². The van der Waals surface area contributed by atoms with Gasteiger partial charge in [-0.15, -0.1) is 0 Å². The molecule has 5 nitrogen and oxygen atoms in total. The monoisotopic (exact) mass is 328 g/mol. The van der Waals surface area contributed by atoms with Crippen molar-refractivity contribution in [2.45, 2.75) is 32.8 Å². The van der Waals surface area contributed by atoms with Crippen molar-refractivity contribution in [2.75, 3.05) is 0 Å². The Kier molecular flexibility index (Phi) is 4.09. The largest absolute Gasteiger partial charge is 0.508 e. The summed E-state index contributed by atoms with van der Waals surface area (Å²) in [5.74, 6) is 0.0880. The second kappa shape index (κ2) is 6.07. The fourth-order valence-electron chi connectivity index (χ4n) is 3.01. The number of hydrogen-bond donors (Lipinski definition) is 3. The molecule has 5 heteroatoms. The lowest BCUT2D eigenvalue weighted by Crippen LogP contribution is -2.22. The summed E-state index contributed by atoms with van der Waals surface area (Å²) in [4.78, 5) is 12.5. The van der Waals surface area contributed by atoms with Crippen LogP contribution in [0.25, 0.3) is 0 Å². The smallest absolute Gasteiger partial charge is 0.174 e. The number of phenolic OH excluding ortho intramolecular Hbond substituents is 3. The van der Waals surface area contributed by atoms with E-state index >= 15 is 0 Å². The molecule has 2 aromatic carbocycles. The Balaban J connectivity index is 2.07. The molecule has 1 heterocycles. The number of ketones is 1. The van der Waals surface area contributed by atoms with Gasteiger partial charge in [0.2, 0.25) is 0 Å². The second-order valence-corrected chi connectivity index (χ2v) is 6.52. The van der Waals surface area contributed by atoms with Gasteiger partial charge in [0.1, 0.15) is 34.7 Å². The molecule has 24 heavy (non-hydrogen) atoms. The first kappa shape index (κ1) is 16.2. The fraction of sp³-hybridized carbons (Fsp3) is 0.316. The maximum Gasteiger partial charge on any atom is 0.174 e. The highest BCUT2D eigenvalue weighted by Gasteiger charge is 2.33. The van der Waals surface area contributed by atoms with Crippen LogP contribution < -0.4 is 4.74 Å². The molecule has 1 aliphatic heterocycles. The van der Waals surface area contributed by atoms with Gasteiger partial charge in [0, 0.05) is 11.6 Å². The number of phenols is 3. The maximum absolute atomic E-state index is 12.5. The molecule has 0 fully saturated rings. The number of hydrogen-bond acceptors (Lipinski definition) is 5. The van der Waals surface area contributed by atoms with Crippen molar-refractivity contribution in [1.82, 2.24) is 0 Å². The molecule has 0 amide bonds. The molecule has 0 saturated heterocycles. The van der Waals surface area contributed by atoms with Crippen LogP contribution in [-0.4, -0.2) is 21.1 Å². The van der Waals surface area contributed by atoms with E-state index in [-0.39, 0.29) is 46.7 Å². The van der Waals surface area contributed by atoms with Crippen molar-refractivity contribution < 1.29 is 24.9 Å². The molecule has 3 N–H and O–H groups in total. The molecule has 1 atom stereocenters. The van der Waals surface area contributed by atoms with Gasteiger partial charge in [-0.3, -0.25) is 4.79 Å². The summed E-state index contributed by atoms with van der Waals surface area (Å²) in [5, 5.41) is 29.7. The number of rotatable bonds is 3. The van der Waals surface area contributed by atoms with Gasteiger partial charge in [-0.05, 0) is 30.0 Å². The normalized spacial score (nSPS) is 16.8. The van der Waals surface area contributed by atoms with Crippen LogP contribution in [0.1, 0.15) is 47.9 Å². The molecule has 3 rings (SSSR count). The first-order chi connectivity index (χ1) is 11.4. The van der Waals surface area contributed by atoms with Gasteiger partial charge in [0.15, 0.2) is 5.78 Å². The van der Waals surface area contributed by atoms with Crippen LogP contribution >= 0.6 is 0 Å². The average molecular weight is 328 g/mol. The van der Waals surface area contributed by atoms with Gasteiger partial charge in [-0.25, -0.2) is 0 Å². The highest BCUT2D eigenvalue weighted by atomic mass is 16.5. The number of fused-ring (bicyclic) bond motifs is 1. The third-order valence-electron chi connectivity index (χ3n) is 4.13. The number of Topliss-reactive ketones (excluding diaryl/α,β-unsaturated/α-hetero) is 1. The zero-order valence-electron chi connectivity index (χ0n) is 13.6. The summed E-state index contributed by atoms with van der Waals surface area (Å²) in [6.45, 7) is 4.00. The van der Waals surface area contributed by atoms with E-state index in [4.69, 9.17) is 4.74 Å². The number of benzene rings is 2. The average Bonchev–Trinajstić information content (AvgIpc) is 2.51. The number of carbonyl (C=O) groups excluding carboxylic acids is 1. The molecule has 0 aromatic heterocycles. The molecule has 0 saturated carbocycles. The molecule has 0 radical (unpaired) electrons. The molecule has 2 aromatic rings. The van der Waals surface area contributed by atoms with E-state index in [0.29, 0.717) is 12.0 Å². The highest BCUT2D eigenvalue weighted by Crippen LogP contribution is 2.46. The van der Waals surface area contributed by atoms with E-state index < -0.39 is 6.10 Å². The van der Waals surface area contributed by atoms with Crippen molar-refractivity contribution in [2.24, 2.45) is 5.92 Å². The Labute approximate surface area is 140 Å². The summed E-state index contributed by atoms with van der Waals surface area (Å²) >= 11 is 0. The van der Waals surface area contributed by atoms with Gasteiger partial charge in [0.05, 0.1) is 6.42 Å². The minimum atomic E-state index is -0.516. The fourth-order valence-corrected chi connectivity index (χ4v) is 3.01. The van der Waals surface area contributed by atoms with Crippen LogP contribution in [0, 0.1) is 5.92 Å². The SMILES string of the molecule is CC(C)Cc1c(O)cc(O)c2c1O[C@H](c1ccc(O)cc1)CC2=O. The zero-order valence-corrected chi connectivity index (χ0v) is 13.6. The Hall–Kier alpha value is -2.69. The van der Waals surface area contributed by atoms with Gasteiger partial charge in [0.25, 0.3) is 0 Å². The Bertz CT molecular complexity index is 777. The van der Waals surface area contributed by atoms with Crippen LogP contribution in [0.5, 0.6) is 23.0 Å². The predicted molar refractivity (Wildman–Crippen MR) is 88.7 cm³/mol. The lowest BCUT2D eigenvalue weighted by Gasteiger charge is -2.28. The van der Waals surface area contributed by atoms with E-state index in [1.165, 1.54) is 18.2 Å². The van der Waals surface area contributed by atoms with Crippen molar-refractivity contribution in [3.63, 3.8) is 0 Å². The quantitative estimate of drug-likeness (QED) is 0.799. The molecule has 1 aliphatic rings. The van der Waals surface area contributed by atoms with Crippen LogP contribution in [-0.2, 0) is 6.42 Å². The first-order valence-corrected chi connectivity index (χ1v) is 7.93. The summed E-state index contributed by atoms with van der Waals surface area (Å²) in [5.41, 5.74) is 1.43. The Morgan fingerprint density at radius 1 is 1.12 bits per heavy atom. The standard InChI is InChI=1S/C19H20O5/c1-10(2)7-13-14(21)8-15(22)18-16(23)9-17(24-19(13)18)11-3-5-12(20)6-4-11/h3-6,8,10,17,20-22H,7,9H2,1-2H3/t17-/m0/s1. The predicted octanol–water partition coefficient (Wildman–Crippen LogP) is 3.71. The van der Waals surface area contributed by atoms with Gasteiger partial charge in [-0.1, -0.05) is 26.0 Å². The number of ether oxygens (including phenoxy) is 1. The third kappa shape index (κ3) is 2.89. The third-order valence-corrected chi connectivity index (χ3v) is 4.13. The molecule has 0 bridgehead atoms.